The number of piperidine rings is 2. The molecule has 12 heteroatoms. The zero-order valence-corrected chi connectivity index (χ0v) is 29.4. The van der Waals surface area contributed by atoms with E-state index in [2.05, 4.69) is 53.7 Å². The summed E-state index contributed by atoms with van der Waals surface area (Å²) in [4.78, 5) is 51.7. The number of ether oxygens (including phenoxy) is 1. The number of imidazole rings is 1. The number of amides is 2. The molecule has 10 nitrogen and oxygen atoms in total. The van der Waals surface area contributed by atoms with Gasteiger partial charge in [0, 0.05) is 86.0 Å². The second-order valence-corrected chi connectivity index (χ2v) is 14.4. The fraction of sp³-hybridized carbons (Fsp3) is 0.500. The van der Waals surface area contributed by atoms with Crippen LogP contribution in [0.5, 0.6) is 0 Å². The highest BCUT2D eigenvalue weighted by molar-refractivity contribution is 9.13. The topological polar surface area (TPSA) is 94.1 Å². The van der Waals surface area contributed by atoms with Gasteiger partial charge in [-0.2, -0.15) is 0 Å². The maximum atomic E-state index is 13.9. The second kappa shape index (κ2) is 14.9. The summed E-state index contributed by atoms with van der Waals surface area (Å²) in [6.45, 7) is 6.51. The van der Waals surface area contributed by atoms with Crippen LogP contribution in [-0.4, -0.2) is 113 Å². The van der Waals surface area contributed by atoms with Gasteiger partial charge in [-0.15, -0.1) is 0 Å². The van der Waals surface area contributed by atoms with Crippen molar-refractivity contribution in [2.75, 3.05) is 59.4 Å². The molecule has 1 unspecified atom stereocenters. The molecule has 4 heterocycles. The van der Waals surface area contributed by atoms with Crippen LogP contribution in [-0.2, 0) is 16.0 Å². The highest BCUT2D eigenvalue weighted by Gasteiger charge is 2.35. The van der Waals surface area contributed by atoms with Crippen molar-refractivity contribution in [1.82, 2.24) is 29.2 Å². The molecule has 0 saturated carbocycles. The predicted octanol–water partition coefficient (Wildman–Crippen LogP) is 4.99. The number of likely N-dealkylation sites (N-methyl/N-ethyl adjacent to an activating group) is 1. The SMILES string of the molecule is CN1CCN(C2CCN(C(=O)C(Cc3ccc(Br)c(Br)c3)OC(=O)N3CCC(n4cc(-c5ccccc5)[nH]c4=O)CC3)CC2)CC1. The number of halogens is 2. The van der Waals surface area contributed by atoms with E-state index in [1.54, 1.807) is 9.47 Å². The smallest absolute Gasteiger partial charge is 0.410 e. The van der Waals surface area contributed by atoms with Crippen molar-refractivity contribution in [2.45, 2.75) is 50.3 Å². The summed E-state index contributed by atoms with van der Waals surface area (Å²) < 4.78 is 9.58. The summed E-state index contributed by atoms with van der Waals surface area (Å²) in [5, 5.41) is 0. The maximum absolute atomic E-state index is 13.9. The normalized spacial score (nSPS) is 19.7. The molecule has 0 radical (unpaired) electrons. The van der Waals surface area contributed by atoms with Crippen molar-refractivity contribution in [3.05, 3.63) is 79.7 Å². The molecule has 1 aromatic heterocycles. The number of piperazine rings is 1. The van der Waals surface area contributed by atoms with E-state index < -0.39 is 12.2 Å². The molecule has 2 amide bonds. The van der Waals surface area contributed by atoms with Crippen molar-refractivity contribution in [3.8, 4) is 11.3 Å². The van der Waals surface area contributed by atoms with E-state index >= 15 is 0 Å². The van der Waals surface area contributed by atoms with Gasteiger partial charge < -0.3 is 24.4 Å². The van der Waals surface area contributed by atoms with E-state index in [1.807, 2.05) is 59.6 Å². The number of aromatic amines is 1. The van der Waals surface area contributed by atoms with E-state index in [-0.39, 0.29) is 17.6 Å². The fourth-order valence-electron chi connectivity index (χ4n) is 6.87. The average Bonchev–Trinajstić information content (AvgIpc) is 3.48. The number of carbonyl (C=O) groups excluding carboxylic acids is 2. The zero-order chi connectivity index (χ0) is 32.2. The molecular weight excluding hydrogens is 716 g/mol. The van der Waals surface area contributed by atoms with Crippen LogP contribution in [0.25, 0.3) is 11.3 Å². The van der Waals surface area contributed by atoms with Gasteiger partial charge >= 0.3 is 11.8 Å². The molecule has 1 N–H and O–H groups in total. The molecule has 0 spiro atoms. The monoisotopic (exact) mass is 756 g/mol. The van der Waals surface area contributed by atoms with Gasteiger partial charge in [0.25, 0.3) is 5.91 Å². The number of hydrogen-bond acceptors (Lipinski definition) is 6. The Morgan fingerprint density at radius 3 is 2.17 bits per heavy atom. The highest BCUT2D eigenvalue weighted by atomic mass is 79.9. The Balaban J connectivity index is 1.09. The fourth-order valence-corrected chi connectivity index (χ4v) is 7.54. The number of benzene rings is 2. The molecular formula is C34H42Br2N6O4. The first-order valence-electron chi connectivity index (χ1n) is 16.2. The maximum Gasteiger partial charge on any atom is 0.410 e. The van der Waals surface area contributed by atoms with Crippen LogP contribution in [0.1, 0.15) is 37.3 Å². The van der Waals surface area contributed by atoms with Crippen molar-refractivity contribution in [2.24, 2.45) is 0 Å². The largest absolute Gasteiger partial charge is 0.436 e. The van der Waals surface area contributed by atoms with Crippen molar-refractivity contribution < 1.29 is 14.3 Å². The second-order valence-electron chi connectivity index (χ2n) is 12.7. The van der Waals surface area contributed by atoms with Gasteiger partial charge in [-0.1, -0.05) is 36.4 Å². The van der Waals surface area contributed by atoms with Crippen LogP contribution in [0.4, 0.5) is 4.79 Å². The van der Waals surface area contributed by atoms with Gasteiger partial charge in [-0.25, -0.2) is 9.59 Å². The lowest BCUT2D eigenvalue weighted by molar-refractivity contribution is -0.142. The van der Waals surface area contributed by atoms with Gasteiger partial charge in [-0.05, 0) is 87.9 Å². The van der Waals surface area contributed by atoms with E-state index in [0.717, 1.165) is 64.8 Å². The Hall–Kier alpha value is -2.93. The Bertz CT molecular complexity index is 1560. The van der Waals surface area contributed by atoms with E-state index in [0.29, 0.717) is 51.5 Å². The Morgan fingerprint density at radius 1 is 0.848 bits per heavy atom. The third-order valence-electron chi connectivity index (χ3n) is 9.70. The number of aromatic nitrogens is 2. The molecule has 3 aliphatic rings. The van der Waals surface area contributed by atoms with E-state index in [9.17, 15) is 14.4 Å². The van der Waals surface area contributed by atoms with Crippen LogP contribution >= 0.6 is 31.9 Å². The minimum atomic E-state index is -0.917. The first-order chi connectivity index (χ1) is 22.2. The molecule has 0 aliphatic carbocycles. The summed E-state index contributed by atoms with van der Waals surface area (Å²) in [6.07, 6.45) is 3.88. The summed E-state index contributed by atoms with van der Waals surface area (Å²) >= 11 is 7.08. The van der Waals surface area contributed by atoms with Gasteiger partial charge in [0.1, 0.15) is 0 Å². The van der Waals surface area contributed by atoms with Gasteiger partial charge in [-0.3, -0.25) is 14.3 Å². The van der Waals surface area contributed by atoms with Gasteiger partial charge in [0.05, 0.1) is 5.69 Å². The lowest BCUT2D eigenvalue weighted by atomic mass is 10.0. The predicted molar refractivity (Wildman–Crippen MR) is 185 cm³/mol. The molecule has 246 valence electrons. The number of nitrogens with one attached hydrogen (secondary N) is 1. The summed E-state index contributed by atoms with van der Waals surface area (Å²) in [7, 11) is 2.16. The quantitative estimate of drug-likeness (QED) is 0.365. The minimum Gasteiger partial charge on any atom is -0.436 e. The van der Waals surface area contributed by atoms with Crippen LogP contribution in [0.2, 0.25) is 0 Å². The Kier molecular flexibility index (Phi) is 10.7. The average molecular weight is 759 g/mol. The molecule has 0 bridgehead atoms. The molecule has 3 aromatic rings. The number of H-pyrrole nitrogens is 1. The van der Waals surface area contributed by atoms with Crippen LogP contribution in [0.3, 0.4) is 0 Å². The van der Waals surface area contributed by atoms with Crippen molar-refractivity contribution in [1.29, 1.82) is 0 Å². The lowest BCUT2D eigenvalue weighted by Gasteiger charge is -2.42. The molecule has 6 rings (SSSR count). The minimum absolute atomic E-state index is 0.0237. The number of rotatable bonds is 7. The molecule has 2 aromatic carbocycles. The number of nitrogens with zero attached hydrogens (tertiary/aromatic N) is 5. The lowest BCUT2D eigenvalue weighted by Crippen LogP contribution is -2.54. The van der Waals surface area contributed by atoms with Crippen LogP contribution < -0.4 is 5.69 Å². The first-order valence-corrected chi connectivity index (χ1v) is 17.8. The first kappa shape index (κ1) is 33.0. The summed E-state index contributed by atoms with van der Waals surface area (Å²) in [5.74, 6) is -0.133. The van der Waals surface area contributed by atoms with E-state index in [4.69, 9.17) is 4.74 Å². The van der Waals surface area contributed by atoms with Crippen molar-refractivity contribution >= 4 is 43.9 Å². The van der Waals surface area contributed by atoms with Crippen molar-refractivity contribution in [3.63, 3.8) is 0 Å². The standard InChI is InChI=1S/C34H42Br2N6O4/c1-38-17-19-39(20-18-38)26-9-13-40(14-10-26)32(43)31(22-24-7-8-28(35)29(36)21-24)46-34(45)41-15-11-27(12-16-41)42-23-30(37-33(42)44)25-5-3-2-4-6-25/h2-8,21,23,26-27,31H,9-20,22H2,1H3,(H,37,44). The summed E-state index contributed by atoms with van der Waals surface area (Å²) in [6, 6.07) is 16.1. The zero-order valence-electron chi connectivity index (χ0n) is 26.2. The van der Waals surface area contributed by atoms with Gasteiger partial charge in [0.15, 0.2) is 6.10 Å². The third kappa shape index (κ3) is 7.78. The number of likely N-dealkylation sites (tertiary alicyclic amines) is 2. The summed E-state index contributed by atoms with van der Waals surface area (Å²) in [5.41, 5.74) is 2.49. The molecule has 3 saturated heterocycles. The molecule has 1 atom stereocenters. The third-order valence-corrected chi connectivity index (χ3v) is 11.6. The molecule has 46 heavy (non-hydrogen) atoms. The highest BCUT2D eigenvalue weighted by Crippen LogP contribution is 2.27. The van der Waals surface area contributed by atoms with Crippen LogP contribution in [0, 0.1) is 0 Å². The molecule has 3 aliphatic heterocycles. The van der Waals surface area contributed by atoms with E-state index in [1.165, 1.54) is 0 Å². The number of carbonyl (C=O) groups is 2. The Labute approximate surface area is 286 Å². The number of hydrogen-bond donors (Lipinski definition) is 1. The van der Waals surface area contributed by atoms with Crippen LogP contribution in [0.15, 0.2) is 68.5 Å². The Morgan fingerprint density at radius 2 is 1.50 bits per heavy atom. The van der Waals surface area contributed by atoms with Gasteiger partial charge in [0.2, 0.25) is 0 Å². The molecule has 3 fully saturated rings.